The quantitative estimate of drug-likeness (QED) is 0.402. The summed E-state index contributed by atoms with van der Waals surface area (Å²) in [5.74, 6) is -2.75. The summed E-state index contributed by atoms with van der Waals surface area (Å²) in [6.45, 7) is 8.36. The monoisotopic (exact) mass is 486 g/mol. The number of Topliss-reactive ketones (excluding diaryl/α,β-unsaturated/α-hetero) is 1. The molecule has 35 heavy (non-hydrogen) atoms. The van der Waals surface area contributed by atoms with Crippen LogP contribution in [-0.2, 0) is 28.7 Å². The Bertz CT molecular complexity index is 1060. The first-order valence-corrected chi connectivity index (χ1v) is 12.6. The van der Waals surface area contributed by atoms with E-state index in [0.717, 1.165) is 5.57 Å². The molecule has 0 aromatic rings. The van der Waals surface area contributed by atoms with Crippen LogP contribution in [0.2, 0.25) is 0 Å². The molecule has 0 saturated heterocycles. The SMILES string of the molecule is CCC(=O)OCC(=O)[C@@]1(OC(=O)CC)[C@H](C)C[C@H]2[C@@H]3CCC4=CC(=O)C=C[C@]4(C)[C@@]3(F)C=C[C@@]21C. The fourth-order valence-electron chi connectivity index (χ4n) is 7.30. The zero-order valence-electron chi connectivity index (χ0n) is 21.2. The molecule has 190 valence electrons. The van der Waals surface area contributed by atoms with Crippen molar-refractivity contribution < 1.29 is 33.0 Å². The summed E-state index contributed by atoms with van der Waals surface area (Å²) in [5.41, 5.74) is -4.46. The number of allylic oxidation sites excluding steroid dienone is 5. The number of carbonyl (C=O) groups is 4. The maximum absolute atomic E-state index is 17.1. The fourth-order valence-corrected chi connectivity index (χ4v) is 7.30. The van der Waals surface area contributed by atoms with E-state index in [0.29, 0.717) is 19.3 Å². The lowest BCUT2D eigenvalue weighted by molar-refractivity contribution is -0.189. The summed E-state index contributed by atoms with van der Waals surface area (Å²) in [5, 5.41) is 0. The standard InChI is InChI=1S/C28H35FO6/c1-6-23(32)34-16-22(31)28(35-24(33)7-2)17(3)14-21-20-9-8-18-15-19(30)10-11-25(18,4)27(20,29)13-12-26(21,28)5/h10-13,15,17,20-21H,6-9,14,16H2,1-5H3/t17-,20+,21+,25+,26+,27-,28+/m1/s1. The summed E-state index contributed by atoms with van der Waals surface area (Å²) in [6.07, 6.45) is 9.73. The van der Waals surface area contributed by atoms with Gasteiger partial charge in [0, 0.05) is 35.5 Å². The van der Waals surface area contributed by atoms with Crippen molar-refractivity contribution in [1.82, 2.24) is 0 Å². The van der Waals surface area contributed by atoms with Crippen molar-refractivity contribution in [2.24, 2.45) is 28.6 Å². The number of esters is 2. The molecule has 2 fully saturated rings. The number of alkyl halides is 1. The van der Waals surface area contributed by atoms with Gasteiger partial charge in [0.1, 0.15) is 5.67 Å². The maximum Gasteiger partial charge on any atom is 0.306 e. The molecule has 7 atom stereocenters. The molecule has 6 nitrogen and oxygen atoms in total. The molecule has 0 aromatic carbocycles. The smallest absolute Gasteiger partial charge is 0.306 e. The molecule has 4 rings (SSSR count). The highest BCUT2D eigenvalue weighted by atomic mass is 19.1. The Labute approximate surface area is 206 Å². The van der Waals surface area contributed by atoms with Crippen LogP contribution in [0.15, 0.2) is 36.0 Å². The van der Waals surface area contributed by atoms with Crippen LogP contribution in [0.1, 0.15) is 66.7 Å². The number of fused-ring (bicyclic) bond motifs is 5. The van der Waals surface area contributed by atoms with Crippen LogP contribution in [-0.4, -0.2) is 41.4 Å². The summed E-state index contributed by atoms with van der Waals surface area (Å²) in [4.78, 5) is 50.2. The zero-order valence-corrected chi connectivity index (χ0v) is 21.2. The first kappa shape index (κ1) is 25.5. The van der Waals surface area contributed by atoms with Crippen molar-refractivity contribution in [2.75, 3.05) is 6.61 Å². The van der Waals surface area contributed by atoms with Crippen molar-refractivity contribution in [2.45, 2.75) is 78.0 Å². The highest BCUT2D eigenvalue weighted by Gasteiger charge is 2.73. The molecule has 0 aliphatic heterocycles. The minimum atomic E-state index is -1.75. The van der Waals surface area contributed by atoms with Crippen LogP contribution >= 0.6 is 0 Å². The van der Waals surface area contributed by atoms with Gasteiger partial charge in [0.2, 0.25) is 5.78 Å². The van der Waals surface area contributed by atoms with Crippen LogP contribution in [0.25, 0.3) is 0 Å². The summed E-state index contributed by atoms with van der Waals surface area (Å²) < 4.78 is 28.3. The lowest BCUT2D eigenvalue weighted by Crippen LogP contribution is -2.63. The molecule has 0 radical (unpaired) electrons. The topological polar surface area (TPSA) is 86.7 Å². The Hall–Kier alpha value is -2.57. The van der Waals surface area contributed by atoms with Gasteiger partial charge in [-0.15, -0.1) is 0 Å². The zero-order chi connectivity index (χ0) is 25.8. The van der Waals surface area contributed by atoms with Crippen LogP contribution in [0.4, 0.5) is 4.39 Å². The maximum atomic E-state index is 17.1. The normalized spacial score (nSPS) is 41.4. The summed E-state index contributed by atoms with van der Waals surface area (Å²) in [6, 6.07) is 0. The lowest BCUT2D eigenvalue weighted by atomic mass is 9.48. The van der Waals surface area contributed by atoms with Gasteiger partial charge in [-0.1, -0.05) is 45.4 Å². The van der Waals surface area contributed by atoms with E-state index in [1.54, 1.807) is 38.2 Å². The molecule has 7 heteroatoms. The van der Waals surface area contributed by atoms with Gasteiger partial charge in [0.15, 0.2) is 18.0 Å². The van der Waals surface area contributed by atoms with Gasteiger partial charge in [0.25, 0.3) is 0 Å². The van der Waals surface area contributed by atoms with Gasteiger partial charge >= 0.3 is 11.9 Å². The van der Waals surface area contributed by atoms with Crippen LogP contribution in [0.5, 0.6) is 0 Å². The second kappa shape index (κ2) is 8.52. The first-order chi connectivity index (χ1) is 16.4. The average Bonchev–Trinajstić information content (AvgIpc) is 3.05. The van der Waals surface area contributed by atoms with E-state index in [1.807, 2.05) is 20.8 Å². The molecule has 0 spiro atoms. The molecule has 0 unspecified atom stereocenters. The van der Waals surface area contributed by atoms with Crippen LogP contribution in [0.3, 0.4) is 0 Å². The molecular weight excluding hydrogens is 451 g/mol. The van der Waals surface area contributed by atoms with Crippen molar-refractivity contribution in [3.05, 3.63) is 36.0 Å². The molecule has 0 heterocycles. The van der Waals surface area contributed by atoms with E-state index in [1.165, 1.54) is 6.08 Å². The van der Waals surface area contributed by atoms with Gasteiger partial charge in [-0.25, -0.2) is 4.39 Å². The first-order valence-electron chi connectivity index (χ1n) is 12.6. The molecule has 0 amide bonds. The largest absolute Gasteiger partial charge is 0.457 e. The van der Waals surface area contributed by atoms with Gasteiger partial charge in [-0.05, 0) is 50.3 Å². The highest BCUT2D eigenvalue weighted by Crippen LogP contribution is 2.69. The molecule has 0 aromatic heterocycles. The predicted octanol–water partition coefficient (Wildman–Crippen LogP) is 4.62. The number of carbonyl (C=O) groups excluding carboxylic acids is 4. The van der Waals surface area contributed by atoms with Crippen molar-refractivity contribution in [1.29, 1.82) is 0 Å². The van der Waals surface area contributed by atoms with Crippen molar-refractivity contribution in [3.63, 3.8) is 0 Å². The summed E-state index contributed by atoms with van der Waals surface area (Å²) >= 11 is 0. The third kappa shape index (κ3) is 3.40. The number of rotatable bonds is 6. The Balaban J connectivity index is 1.81. The van der Waals surface area contributed by atoms with Gasteiger partial charge < -0.3 is 9.47 Å². The Morgan fingerprint density at radius 2 is 1.74 bits per heavy atom. The second-order valence-electron chi connectivity index (χ2n) is 10.9. The summed E-state index contributed by atoms with van der Waals surface area (Å²) in [7, 11) is 0. The second-order valence-corrected chi connectivity index (χ2v) is 10.9. The lowest BCUT2D eigenvalue weighted by Gasteiger charge is -2.58. The third-order valence-electron chi connectivity index (χ3n) is 9.29. The van der Waals surface area contributed by atoms with E-state index in [-0.39, 0.29) is 24.5 Å². The third-order valence-corrected chi connectivity index (χ3v) is 9.29. The number of ether oxygens (including phenoxy) is 2. The molecule has 4 aliphatic rings. The van der Waals surface area contributed by atoms with Crippen molar-refractivity contribution >= 4 is 23.5 Å². The fraction of sp³-hybridized carbons (Fsp3) is 0.643. The van der Waals surface area contributed by atoms with Crippen LogP contribution in [0, 0.1) is 28.6 Å². The molecular formula is C28H35FO6. The van der Waals surface area contributed by atoms with Gasteiger partial charge in [-0.2, -0.15) is 0 Å². The Morgan fingerprint density at radius 1 is 1.06 bits per heavy atom. The van der Waals surface area contributed by atoms with E-state index in [9.17, 15) is 19.2 Å². The average molecular weight is 487 g/mol. The highest BCUT2D eigenvalue weighted by molar-refractivity contribution is 6.01. The number of hydrogen-bond donors (Lipinski definition) is 0. The van der Waals surface area contributed by atoms with Crippen LogP contribution < -0.4 is 0 Å². The number of hydrogen-bond acceptors (Lipinski definition) is 6. The molecule has 4 aliphatic carbocycles. The van der Waals surface area contributed by atoms with E-state index in [2.05, 4.69) is 0 Å². The minimum absolute atomic E-state index is 0.0858. The van der Waals surface area contributed by atoms with Crippen molar-refractivity contribution in [3.8, 4) is 0 Å². The van der Waals surface area contributed by atoms with E-state index >= 15 is 4.39 Å². The molecule has 0 N–H and O–H groups in total. The van der Waals surface area contributed by atoms with Gasteiger partial charge in [0.05, 0.1) is 0 Å². The van der Waals surface area contributed by atoms with E-state index < -0.39 is 58.3 Å². The molecule has 0 bridgehead atoms. The predicted molar refractivity (Wildman–Crippen MR) is 127 cm³/mol. The minimum Gasteiger partial charge on any atom is -0.457 e. The Kier molecular flexibility index (Phi) is 6.22. The molecule has 2 saturated carbocycles. The van der Waals surface area contributed by atoms with E-state index in [4.69, 9.17) is 9.47 Å². The Morgan fingerprint density at radius 3 is 2.40 bits per heavy atom. The number of halogens is 1. The van der Waals surface area contributed by atoms with Gasteiger partial charge in [-0.3, -0.25) is 19.2 Å². The number of ketones is 2.